The fraction of sp³-hybridized carbons (Fsp3) is 0.581. The molecule has 36 heavy (non-hydrogen) atoms. The number of nitrogens with zero attached hydrogens (tertiary/aromatic N) is 1. The number of ketones is 1. The highest BCUT2D eigenvalue weighted by molar-refractivity contribution is 6.03. The summed E-state index contributed by atoms with van der Waals surface area (Å²) >= 11 is 0. The number of carbonyl (C=O) groups is 1. The molecule has 0 aromatic heterocycles. The van der Waals surface area contributed by atoms with Crippen molar-refractivity contribution >= 4 is 11.5 Å². The van der Waals surface area contributed by atoms with Crippen molar-refractivity contribution in [2.24, 2.45) is 0 Å². The quantitative estimate of drug-likeness (QED) is 0.215. The van der Waals surface area contributed by atoms with Crippen molar-refractivity contribution in [3.63, 3.8) is 0 Å². The Morgan fingerprint density at radius 2 is 1.61 bits per heavy atom. The van der Waals surface area contributed by atoms with E-state index in [0.717, 1.165) is 94.1 Å². The van der Waals surface area contributed by atoms with Crippen LogP contribution in [0.1, 0.15) is 81.6 Å². The Morgan fingerprint density at radius 1 is 0.917 bits per heavy atom. The van der Waals surface area contributed by atoms with Crippen LogP contribution < -0.4 is 15.0 Å². The molecule has 5 heteroatoms. The third kappa shape index (κ3) is 8.07. The lowest BCUT2D eigenvalue weighted by Crippen LogP contribution is -2.54. The molecule has 5 nitrogen and oxygen atoms in total. The summed E-state index contributed by atoms with van der Waals surface area (Å²) in [5.41, 5.74) is 2.48. The average molecular weight is 495 g/mol. The highest BCUT2D eigenvalue weighted by Crippen LogP contribution is 2.27. The number of hydrogen-bond donors (Lipinski definition) is 1. The van der Waals surface area contributed by atoms with E-state index >= 15 is 0 Å². The van der Waals surface area contributed by atoms with Crippen molar-refractivity contribution in [1.29, 1.82) is 0 Å². The molecular weight excluding hydrogens is 448 g/mol. The minimum absolute atomic E-state index is 0.192. The summed E-state index contributed by atoms with van der Waals surface area (Å²) in [4.78, 5) is 16.5. The first-order valence-corrected chi connectivity index (χ1v) is 14.1. The van der Waals surface area contributed by atoms with Gasteiger partial charge in [-0.25, -0.2) is 0 Å². The summed E-state index contributed by atoms with van der Waals surface area (Å²) in [5.74, 6) is 1.09. The molecule has 1 unspecified atom stereocenters. The number of unbranched alkanes of at least 4 members (excludes halogenated alkanes) is 3. The minimum Gasteiger partial charge on any atom is -0.494 e. The van der Waals surface area contributed by atoms with E-state index in [1.165, 1.54) is 12.8 Å². The topological polar surface area (TPSA) is 50.8 Å². The van der Waals surface area contributed by atoms with Gasteiger partial charge in [0, 0.05) is 24.3 Å². The first kappa shape index (κ1) is 28.2. The minimum atomic E-state index is -0.618. The van der Waals surface area contributed by atoms with E-state index in [2.05, 4.69) is 55.3 Å². The molecule has 2 aromatic rings. The summed E-state index contributed by atoms with van der Waals surface area (Å²) in [6.45, 7) is 11.4. The molecule has 1 N–H and O–H groups in total. The number of anilines is 1. The summed E-state index contributed by atoms with van der Waals surface area (Å²) in [6, 6.07) is 16.5. The van der Waals surface area contributed by atoms with Crippen molar-refractivity contribution in [1.82, 2.24) is 5.32 Å². The molecule has 2 aromatic carbocycles. The van der Waals surface area contributed by atoms with Gasteiger partial charge in [0.2, 0.25) is 0 Å². The zero-order valence-electron chi connectivity index (χ0n) is 22.7. The van der Waals surface area contributed by atoms with E-state index in [9.17, 15) is 4.79 Å². The number of Topliss-reactive ketones (excluding diaryl/α,β-unsaturated/α-hetero) is 1. The van der Waals surface area contributed by atoms with Crippen LogP contribution in [0.3, 0.4) is 0 Å². The van der Waals surface area contributed by atoms with Gasteiger partial charge in [0.25, 0.3) is 0 Å². The third-order valence-corrected chi connectivity index (χ3v) is 7.06. The maximum atomic E-state index is 14.1. The van der Waals surface area contributed by atoms with Gasteiger partial charge < -0.3 is 19.7 Å². The molecule has 3 rings (SSSR count). The molecule has 0 bridgehead atoms. The normalized spacial score (nSPS) is 15.5. The van der Waals surface area contributed by atoms with Gasteiger partial charge in [0.05, 0.1) is 25.4 Å². The summed E-state index contributed by atoms with van der Waals surface area (Å²) in [6.07, 6.45) is 8.01. The first-order valence-electron chi connectivity index (χ1n) is 14.1. The van der Waals surface area contributed by atoms with Crippen LogP contribution in [0.25, 0.3) is 0 Å². The van der Waals surface area contributed by atoms with Crippen LogP contribution in [-0.2, 0) is 11.2 Å². The predicted molar refractivity (Wildman–Crippen MR) is 150 cm³/mol. The van der Waals surface area contributed by atoms with E-state index in [-0.39, 0.29) is 5.78 Å². The van der Waals surface area contributed by atoms with E-state index < -0.39 is 5.54 Å². The average Bonchev–Trinajstić information content (AvgIpc) is 2.92. The lowest BCUT2D eigenvalue weighted by atomic mass is 9.79. The van der Waals surface area contributed by atoms with Crippen LogP contribution in [0.15, 0.2) is 48.5 Å². The summed E-state index contributed by atoms with van der Waals surface area (Å²) in [5, 5.41) is 3.74. The Labute approximate surface area is 218 Å². The van der Waals surface area contributed by atoms with Gasteiger partial charge in [-0.05, 0) is 74.2 Å². The number of hydrogen-bond acceptors (Lipinski definition) is 5. The zero-order valence-corrected chi connectivity index (χ0v) is 22.7. The van der Waals surface area contributed by atoms with E-state index in [4.69, 9.17) is 9.47 Å². The van der Waals surface area contributed by atoms with Crippen molar-refractivity contribution in [2.45, 2.75) is 77.7 Å². The van der Waals surface area contributed by atoms with Gasteiger partial charge in [0.1, 0.15) is 5.75 Å². The van der Waals surface area contributed by atoms with Crippen molar-refractivity contribution < 1.29 is 14.3 Å². The van der Waals surface area contributed by atoms with Crippen molar-refractivity contribution in [3.8, 4) is 5.75 Å². The van der Waals surface area contributed by atoms with Gasteiger partial charge in [-0.15, -0.1) is 0 Å². The van der Waals surface area contributed by atoms with Crippen LogP contribution in [-0.4, -0.2) is 50.8 Å². The molecule has 1 saturated heterocycles. The van der Waals surface area contributed by atoms with Gasteiger partial charge in [-0.2, -0.15) is 0 Å². The van der Waals surface area contributed by atoms with E-state index in [1.54, 1.807) is 0 Å². The van der Waals surface area contributed by atoms with Gasteiger partial charge in [-0.1, -0.05) is 58.6 Å². The van der Waals surface area contributed by atoms with Gasteiger partial charge in [-0.3, -0.25) is 4.79 Å². The predicted octanol–water partition coefficient (Wildman–Crippen LogP) is 6.45. The number of carbonyl (C=O) groups excluding carboxylic acids is 1. The van der Waals surface area contributed by atoms with Crippen LogP contribution in [0.2, 0.25) is 0 Å². The monoisotopic (exact) mass is 494 g/mol. The fourth-order valence-electron chi connectivity index (χ4n) is 4.95. The molecular formula is C31H46N2O3. The van der Waals surface area contributed by atoms with Crippen LogP contribution in [0.5, 0.6) is 5.75 Å². The van der Waals surface area contributed by atoms with Gasteiger partial charge in [0.15, 0.2) is 5.78 Å². The molecule has 0 spiro atoms. The number of nitrogens with one attached hydrogen (secondary N) is 1. The molecule has 1 aliphatic heterocycles. The molecule has 0 saturated carbocycles. The summed E-state index contributed by atoms with van der Waals surface area (Å²) in [7, 11) is 0. The second-order valence-electron chi connectivity index (χ2n) is 9.96. The standard InChI is InChI=1S/C31H46N2O3/c1-4-7-9-19-32-31(18-6-3,25-26-10-16-29(17-11-26)36-22-8-5-2)30(34)27-12-14-28(15-13-27)33-20-23-35-24-21-33/h10-17,32H,4-9,18-25H2,1-3H3. The number of rotatable bonds is 16. The molecule has 0 aliphatic carbocycles. The first-order chi connectivity index (χ1) is 17.6. The maximum Gasteiger partial charge on any atom is 0.183 e. The van der Waals surface area contributed by atoms with Gasteiger partial charge >= 0.3 is 0 Å². The zero-order chi connectivity index (χ0) is 25.6. The number of benzene rings is 2. The highest BCUT2D eigenvalue weighted by atomic mass is 16.5. The molecule has 1 aliphatic rings. The van der Waals surface area contributed by atoms with Crippen molar-refractivity contribution in [2.75, 3.05) is 44.4 Å². The van der Waals surface area contributed by atoms with Crippen LogP contribution in [0, 0.1) is 0 Å². The largest absolute Gasteiger partial charge is 0.494 e. The number of ether oxygens (including phenoxy) is 2. The molecule has 1 fully saturated rings. The SMILES string of the molecule is CCCCCNC(CCC)(Cc1ccc(OCCCC)cc1)C(=O)c1ccc(N2CCOCC2)cc1. The Bertz CT molecular complexity index is 891. The third-order valence-electron chi connectivity index (χ3n) is 7.06. The summed E-state index contributed by atoms with van der Waals surface area (Å²) < 4.78 is 11.3. The number of morpholine rings is 1. The Balaban J connectivity index is 1.81. The second kappa shape index (κ2) is 15.0. The molecule has 0 radical (unpaired) electrons. The fourth-order valence-corrected chi connectivity index (χ4v) is 4.95. The van der Waals surface area contributed by atoms with E-state index in [1.807, 2.05) is 24.3 Å². The molecule has 198 valence electrons. The lowest BCUT2D eigenvalue weighted by molar-refractivity contribution is 0.0834. The molecule has 1 atom stereocenters. The Kier molecular flexibility index (Phi) is 11.8. The second-order valence-corrected chi connectivity index (χ2v) is 9.96. The maximum absolute atomic E-state index is 14.1. The Morgan fingerprint density at radius 3 is 2.25 bits per heavy atom. The van der Waals surface area contributed by atoms with E-state index in [0.29, 0.717) is 6.42 Å². The van der Waals surface area contributed by atoms with Crippen molar-refractivity contribution in [3.05, 3.63) is 59.7 Å². The lowest BCUT2D eigenvalue weighted by Gasteiger charge is -2.34. The molecule has 0 amide bonds. The van der Waals surface area contributed by atoms with Crippen LogP contribution in [0.4, 0.5) is 5.69 Å². The molecule has 1 heterocycles. The Hall–Kier alpha value is -2.37. The highest BCUT2D eigenvalue weighted by Gasteiger charge is 2.37. The van der Waals surface area contributed by atoms with Crippen LogP contribution >= 0.6 is 0 Å². The smallest absolute Gasteiger partial charge is 0.183 e.